The van der Waals surface area contributed by atoms with Crippen LogP contribution < -0.4 is 42.4 Å². The van der Waals surface area contributed by atoms with Gasteiger partial charge in [-0.15, -0.1) is 5.06 Å². The SMILES string of the molecule is CC(=O)Cc1cc(=O)oc2cc(OC(=O)[C@@H]3CCCN3C(=O)[C@H](CCCCN)NC(=O)OCC(C)c3ccccc3[N+](=O)[O-])ccc12.CC(=O)Cc1cc(=O)oc2cc(OC(=O)[C@@H]3CCCN3C(=O)[C@H](CCCCNC(=O)ON3C(=O)CCC3=O)NC(=O)OCC(C)c3ccccc3[N+](=O)[O-])ccc12. The third kappa shape index (κ3) is 21.2. The van der Waals surface area contributed by atoms with Gasteiger partial charge in [0.05, 0.1) is 9.85 Å². The van der Waals surface area contributed by atoms with E-state index in [1.54, 1.807) is 56.3 Å². The number of imide groups is 1. The molecule has 3 aliphatic rings. The molecule has 33 heteroatoms. The zero-order valence-electron chi connectivity index (χ0n) is 57.5. The first-order valence-electron chi connectivity index (χ1n) is 33.7. The van der Waals surface area contributed by atoms with Crippen LogP contribution in [-0.4, -0.2) is 154 Å². The number of hydroxylamine groups is 2. The standard InChI is InChI=1S/C38H41N5O14.C33H38N4O10/c1-22(26-8-3-4-10-29(26)43(52)53)21-54-38(51)40-28(9-5-6-16-39-37(50)57-42-32(45)14-15-33(42)46)35(48)41-17-7-11-30(41)36(49)55-25-12-13-27-24(18-23(2)44)19-34(47)56-31(27)20-25;1-20(24-8-3-4-10-27(24)37(43)44)19-45-33(42)35-26(9-5-6-14-34)31(40)36-15-7-11-28(36)32(41)46-23-12-13-25-22(16-21(2)38)17-30(39)47-29(25)18-23/h3-4,8,10,12-13,19-20,22,28,30H,5-7,9,11,14-18,21H2,1-2H3,(H,39,50)(H,40,51);3-4,8,10,12-13,17-18,20,26,28H,5-7,9,11,14-16,19,34H2,1-2H3,(H,35,42)/t22?,28-,30-;20?,26-,28-/m00/s1. The lowest BCUT2D eigenvalue weighted by molar-refractivity contribution is -0.385. The van der Waals surface area contributed by atoms with Crippen molar-refractivity contribution in [1.29, 1.82) is 0 Å². The van der Waals surface area contributed by atoms with Crippen LogP contribution in [0.1, 0.15) is 139 Å². The Morgan fingerprint density at radius 3 is 1.41 bits per heavy atom. The maximum Gasteiger partial charge on any atom is 0.432 e. The minimum absolute atomic E-state index is 0.00380. The molecule has 3 saturated heterocycles. The number of rotatable bonds is 30. The Labute approximate surface area is 593 Å². The maximum absolute atomic E-state index is 14.0. The Bertz CT molecular complexity index is 4370. The second-order valence-electron chi connectivity index (χ2n) is 25.2. The molecular formula is C71H79N9O24. The molecule has 2 unspecified atom stereocenters. The van der Waals surface area contributed by atoms with Crippen LogP contribution in [0.3, 0.4) is 0 Å². The van der Waals surface area contributed by atoms with Crippen LogP contribution >= 0.6 is 0 Å². The molecule has 3 aliphatic heterocycles. The number of likely N-dealkylation sites (tertiary alicyclic amines) is 2. The van der Waals surface area contributed by atoms with Gasteiger partial charge in [0.15, 0.2) is 0 Å². The topological polar surface area (TPSA) is 452 Å². The largest absolute Gasteiger partial charge is 0.449 e. The minimum atomic E-state index is -1.21. The Kier molecular flexibility index (Phi) is 27.5. The number of alkyl carbamates (subject to hydrolysis) is 2. The number of ether oxygens (including phenoxy) is 4. The number of hydrogen-bond acceptors (Lipinski definition) is 25. The first-order chi connectivity index (χ1) is 49.7. The summed E-state index contributed by atoms with van der Waals surface area (Å²) < 4.78 is 32.5. The summed E-state index contributed by atoms with van der Waals surface area (Å²) >= 11 is 0. The van der Waals surface area contributed by atoms with Crippen molar-refractivity contribution in [3.8, 4) is 11.5 Å². The van der Waals surface area contributed by atoms with Crippen LogP contribution in [0.25, 0.3) is 21.9 Å². The highest BCUT2D eigenvalue weighted by Crippen LogP contribution is 2.31. The Morgan fingerprint density at radius 2 is 1.00 bits per heavy atom. The fraction of sp³-hybridized carbons (Fsp3) is 0.423. The number of nitro groups is 2. The molecule has 552 valence electrons. The molecule has 0 saturated carbocycles. The van der Waals surface area contributed by atoms with E-state index in [2.05, 4.69) is 16.0 Å². The molecule has 0 bridgehead atoms. The summed E-state index contributed by atoms with van der Waals surface area (Å²) in [5, 5.41) is 31.9. The summed E-state index contributed by atoms with van der Waals surface area (Å²) in [5.74, 6) is -5.08. The van der Waals surface area contributed by atoms with E-state index in [0.717, 1.165) is 0 Å². The van der Waals surface area contributed by atoms with E-state index in [4.69, 9.17) is 38.4 Å². The van der Waals surface area contributed by atoms with Crippen molar-refractivity contribution in [2.75, 3.05) is 39.4 Å². The van der Waals surface area contributed by atoms with Crippen molar-refractivity contribution in [3.05, 3.63) is 160 Å². The number of nitrogens with two attached hydrogens (primary N) is 1. The maximum atomic E-state index is 14.0. The van der Waals surface area contributed by atoms with Crippen molar-refractivity contribution in [2.45, 2.75) is 154 Å². The van der Waals surface area contributed by atoms with Gasteiger partial charge in [-0.3, -0.25) is 49.0 Å². The fourth-order valence-electron chi connectivity index (χ4n) is 12.2. The normalized spacial score (nSPS) is 15.9. The number of nitrogens with one attached hydrogen (secondary N) is 3. The number of benzene rings is 4. The molecule has 6 atom stereocenters. The van der Waals surface area contributed by atoms with Gasteiger partial charge in [0, 0.05) is 115 Å². The van der Waals surface area contributed by atoms with E-state index in [9.17, 15) is 82.6 Å². The Balaban J connectivity index is 0.000000268. The van der Waals surface area contributed by atoms with Crippen LogP contribution in [0.15, 0.2) is 115 Å². The molecule has 104 heavy (non-hydrogen) atoms. The van der Waals surface area contributed by atoms with Gasteiger partial charge >= 0.3 is 41.5 Å². The number of unbranched alkanes of at least 4 members (excludes halogenated alkanes) is 2. The lowest BCUT2D eigenvalue weighted by Gasteiger charge is -2.28. The van der Waals surface area contributed by atoms with Gasteiger partial charge in [-0.25, -0.2) is 33.6 Å². The van der Waals surface area contributed by atoms with Crippen molar-refractivity contribution in [1.82, 2.24) is 30.8 Å². The predicted octanol–water partition coefficient (Wildman–Crippen LogP) is 7.34. The van der Waals surface area contributed by atoms with Gasteiger partial charge in [-0.2, -0.15) is 0 Å². The number of nitro benzene ring substituents is 2. The number of hydrogen-bond donors (Lipinski definition) is 4. The number of fused-ring (bicyclic) bond motifs is 2. The quantitative estimate of drug-likeness (QED) is 0.00651. The predicted molar refractivity (Wildman–Crippen MR) is 366 cm³/mol. The number of carbonyl (C=O) groups excluding carboxylic acids is 11. The van der Waals surface area contributed by atoms with Gasteiger partial charge in [0.1, 0.15) is 71.6 Å². The monoisotopic (exact) mass is 1440 g/mol. The second-order valence-corrected chi connectivity index (χ2v) is 25.2. The van der Waals surface area contributed by atoms with Gasteiger partial charge < -0.3 is 64.1 Å². The summed E-state index contributed by atoms with van der Waals surface area (Å²) in [7, 11) is 0. The fourth-order valence-corrected chi connectivity index (χ4v) is 12.2. The first kappa shape index (κ1) is 78.0. The van der Waals surface area contributed by atoms with E-state index < -0.39 is 111 Å². The number of esters is 2. The zero-order chi connectivity index (χ0) is 75.3. The van der Waals surface area contributed by atoms with E-state index in [1.807, 2.05) is 0 Å². The lowest BCUT2D eigenvalue weighted by Crippen LogP contribution is -2.52. The number of carbonyl (C=O) groups is 11. The second kappa shape index (κ2) is 36.7. The lowest BCUT2D eigenvalue weighted by atomic mass is 10.0. The summed E-state index contributed by atoms with van der Waals surface area (Å²) in [4.78, 5) is 193. The molecular weight excluding hydrogens is 1360 g/mol. The molecule has 6 aromatic rings. The highest BCUT2D eigenvalue weighted by Gasteiger charge is 2.41. The van der Waals surface area contributed by atoms with Crippen LogP contribution in [0.2, 0.25) is 0 Å². The molecule has 33 nitrogen and oxygen atoms in total. The van der Waals surface area contributed by atoms with Crippen LogP contribution in [0, 0.1) is 20.2 Å². The van der Waals surface area contributed by atoms with Crippen LogP contribution in [0.4, 0.5) is 25.8 Å². The number of Topliss-reactive ketones (excluding diaryl/α,β-unsaturated/α-hetero) is 2. The van der Waals surface area contributed by atoms with E-state index in [1.165, 1.54) is 78.2 Å². The molecule has 5 heterocycles. The van der Waals surface area contributed by atoms with Crippen molar-refractivity contribution >= 4 is 98.7 Å². The molecule has 4 aromatic carbocycles. The minimum Gasteiger partial charge on any atom is -0.449 e. The van der Waals surface area contributed by atoms with Gasteiger partial charge in [0.2, 0.25) is 11.8 Å². The van der Waals surface area contributed by atoms with Gasteiger partial charge in [-0.1, -0.05) is 50.2 Å². The van der Waals surface area contributed by atoms with E-state index in [-0.39, 0.29) is 136 Å². The number of para-hydroxylation sites is 2. The summed E-state index contributed by atoms with van der Waals surface area (Å²) in [6, 6.07) is 19.3. The van der Waals surface area contributed by atoms with Crippen molar-refractivity contribution in [2.24, 2.45) is 5.73 Å². The molecule has 0 radical (unpaired) electrons. The van der Waals surface area contributed by atoms with Crippen molar-refractivity contribution < 1.29 is 95.2 Å². The average Bonchev–Trinajstić information content (AvgIpc) is 1.84. The van der Waals surface area contributed by atoms with Gasteiger partial charge in [-0.05, 0) is 120 Å². The van der Waals surface area contributed by atoms with Crippen molar-refractivity contribution in [3.63, 3.8) is 0 Å². The zero-order valence-corrected chi connectivity index (χ0v) is 57.5. The number of ketones is 2. The van der Waals surface area contributed by atoms with E-state index in [0.29, 0.717) is 76.7 Å². The first-order valence-corrected chi connectivity index (χ1v) is 33.7. The van der Waals surface area contributed by atoms with Crippen LogP contribution in [0.5, 0.6) is 11.5 Å². The molecule has 9 rings (SSSR count). The number of nitrogens with zero attached hydrogens (tertiary/aromatic N) is 5. The van der Waals surface area contributed by atoms with E-state index >= 15 is 0 Å². The molecule has 0 aliphatic carbocycles. The number of amides is 7. The summed E-state index contributed by atoms with van der Waals surface area (Å²) in [6.07, 6.45) is 0.500. The highest BCUT2D eigenvalue weighted by molar-refractivity contribution is 6.01. The van der Waals surface area contributed by atoms with Crippen LogP contribution in [-0.2, 0) is 65.5 Å². The Hall–Kier alpha value is -11.8. The molecule has 3 fully saturated rings. The third-order valence-corrected chi connectivity index (χ3v) is 17.3. The summed E-state index contributed by atoms with van der Waals surface area (Å²) in [6.45, 7) is 6.53. The molecule has 0 spiro atoms. The average molecular weight is 1440 g/mol. The van der Waals surface area contributed by atoms with Gasteiger partial charge in [0.25, 0.3) is 23.2 Å². The summed E-state index contributed by atoms with van der Waals surface area (Å²) in [5.41, 5.74) is 6.03. The Morgan fingerprint density at radius 1 is 0.577 bits per heavy atom. The molecule has 5 N–H and O–H groups in total. The third-order valence-electron chi connectivity index (χ3n) is 17.3. The smallest absolute Gasteiger partial charge is 0.432 e. The molecule has 7 amide bonds. The molecule has 2 aromatic heterocycles. The highest BCUT2D eigenvalue weighted by atomic mass is 16.7.